The molecule has 4 heteroatoms. The van der Waals surface area contributed by atoms with E-state index in [9.17, 15) is 0 Å². The summed E-state index contributed by atoms with van der Waals surface area (Å²) >= 11 is 0. The van der Waals surface area contributed by atoms with E-state index >= 15 is 0 Å². The second kappa shape index (κ2) is 6.65. The Morgan fingerprint density at radius 3 is 2.36 bits per heavy atom. The minimum atomic E-state index is -0.296. The maximum atomic E-state index is 8.80. The van der Waals surface area contributed by atoms with Gasteiger partial charge in [-0.05, 0) is 24.6 Å². The van der Waals surface area contributed by atoms with Crippen LogP contribution in [0.5, 0.6) is 5.75 Å². The van der Waals surface area contributed by atoms with Gasteiger partial charge in [0.25, 0.3) is 0 Å². The third kappa shape index (κ3) is 3.54. The van der Waals surface area contributed by atoms with Crippen LogP contribution in [0.2, 0.25) is 0 Å². The molecule has 3 nitrogen and oxygen atoms in total. The van der Waals surface area contributed by atoms with E-state index in [0.717, 1.165) is 11.3 Å². The first-order valence-electron chi connectivity index (χ1n) is 4.37. The molecule has 0 amide bonds. The van der Waals surface area contributed by atoms with Gasteiger partial charge in [0.1, 0.15) is 5.75 Å². The highest BCUT2D eigenvalue weighted by atomic mass is 35.5. The molecule has 0 radical (unpaired) electrons. The van der Waals surface area contributed by atoms with E-state index in [1.54, 1.807) is 0 Å². The molecule has 14 heavy (non-hydrogen) atoms. The maximum Gasteiger partial charge on any atom is 0.119 e. The SMILES string of the molecule is CCOc1ccc([C@H](N)CO)cc1.Cl. The molecule has 0 unspecified atom stereocenters. The van der Waals surface area contributed by atoms with E-state index in [0.29, 0.717) is 6.61 Å². The molecule has 3 N–H and O–H groups in total. The van der Waals surface area contributed by atoms with Crippen molar-refractivity contribution >= 4 is 12.4 Å². The summed E-state index contributed by atoms with van der Waals surface area (Å²) in [7, 11) is 0. The molecule has 0 aromatic heterocycles. The van der Waals surface area contributed by atoms with Gasteiger partial charge in [0.2, 0.25) is 0 Å². The van der Waals surface area contributed by atoms with Gasteiger partial charge in [-0.25, -0.2) is 0 Å². The summed E-state index contributed by atoms with van der Waals surface area (Å²) in [5.41, 5.74) is 6.55. The first-order chi connectivity index (χ1) is 6.27. The van der Waals surface area contributed by atoms with Gasteiger partial charge in [-0.3, -0.25) is 0 Å². The Labute approximate surface area is 90.3 Å². The van der Waals surface area contributed by atoms with Gasteiger partial charge in [-0.1, -0.05) is 12.1 Å². The Morgan fingerprint density at radius 2 is 1.93 bits per heavy atom. The number of rotatable bonds is 4. The van der Waals surface area contributed by atoms with Crippen LogP contribution in [0.25, 0.3) is 0 Å². The third-order valence-corrected chi connectivity index (χ3v) is 1.82. The van der Waals surface area contributed by atoms with E-state index in [4.69, 9.17) is 15.6 Å². The van der Waals surface area contributed by atoms with Gasteiger partial charge in [-0.15, -0.1) is 12.4 Å². The van der Waals surface area contributed by atoms with Crippen molar-refractivity contribution in [1.82, 2.24) is 0 Å². The summed E-state index contributed by atoms with van der Waals surface area (Å²) in [4.78, 5) is 0. The van der Waals surface area contributed by atoms with Gasteiger partial charge in [-0.2, -0.15) is 0 Å². The second-order valence-corrected chi connectivity index (χ2v) is 2.79. The average Bonchev–Trinajstić information content (AvgIpc) is 2.18. The molecule has 1 aromatic rings. The Bertz CT molecular complexity index is 251. The van der Waals surface area contributed by atoms with Crippen LogP contribution in [0.15, 0.2) is 24.3 Å². The Morgan fingerprint density at radius 1 is 1.36 bits per heavy atom. The van der Waals surface area contributed by atoms with Gasteiger partial charge < -0.3 is 15.6 Å². The molecule has 0 aliphatic carbocycles. The highest BCUT2D eigenvalue weighted by Crippen LogP contribution is 2.15. The van der Waals surface area contributed by atoms with Gasteiger partial charge >= 0.3 is 0 Å². The van der Waals surface area contributed by atoms with E-state index in [1.807, 2.05) is 31.2 Å². The van der Waals surface area contributed by atoms with Crippen molar-refractivity contribution in [3.63, 3.8) is 0 Å². The molecule has 0 heterocycles. The predicted octanol–water partition coefficient (Wildman–Crippen LogP) is 1.50. The van der Waals surface area contributed by atoms with Crippen molar-refractivity contribution in [2.45, 2.75) is 13.0 Å². The number of hydrogen-bond donors (Lipinski definition) is 2. The topological polar surface area (TPSA) is 55.5 Å². The van der Waals surface area contributed by atoms with E-state index in [2.05, 4.69) is 0 Å². The lowest BCUT2D eigenvalue weighted by molar-refractivity contribution is 0.268. The molecule has 80 valence electrons. The third-order valence-electron chi connectivity index (χ3n) is 1.82. The zero-order valence-electron chi connectivity index (χ0n) is 8.14. The largest absolute Gasteiger partial charge is 0.494 e. The number of nitrogens with two attached hydrogens (primary N) is 1. The molecule has 1 aromatic carbocycles. The van der Waals surface area contributed by atoms with Crippen LogP contribution >= 0.6 is 12.4 Å². The lowest BCUT2D eigenvalue weighted by atomic mass is 10.1. The molecule has 0 saturated carbocycles. The molecule has 0 aliphatic rings. The van der Waals surface area contributed by atoms with Crippen LogP contribution in [0, 0.1) is 0 Å². The molecule has 1 atom stereocenters. The van der Waals surface area contributed by atoms with Crippen molar-refractivity contribution in [3.8, 4) is 5.75 Å². The normalized spacial score (nSPS) is 11.6. The Balaban J connectivity index is 0.00000169. The van der Waals surface area contributed by atoms with E-state index < -0.39 is 0 Å². The minimum absolute atomic E-state index is 0. The average molecular weight is 218 g/mol. The van der Waals surface area contributed by atoms with Crippen molar-refractivity contribution < 1.29 is 9.84 Å². The zero-order valence-corrected chi connectivity index (χ0v) is 8.96. The smallest absolute Gasteiger partial charge is 0.119 e. The summed E-state index contributed by atoms with van der Waals surface area (Å²) in [6.07, 6.45) is 0. The van der Waals surface area contributed by atoms with Crippen LogP contribution in [-0.2, 0) is 0 Å². The van der Waals surface area contributed by atoms with Crippen LogP contribution in [0.4, 0.5) is 0 Å². The fourth-order valence-corrected chi connectivity index (χ4v) is 1.08. The maximum absolute atomic E-state index is 8.80. The minimum Gasteiger partial charge on any atom is -0.494 e. The fourth-order valence-electron chi connectivity index (χ4n) is 1.08. The van der Waals surface area contributed by atoms with E-state index in [1.165, 1.54) is 0 Å². The summed E-state index contributed by atoms with van der Waals surface area (Å²) in [6.45, 7) is 2.56. The van der Waals surface area contributed by atoms with Crippen molar-refractivity contribution in [3.05, 3.63) is 29.8 Å². The van der Waals surface area contributed by atoms with Crippen molar-refractivity contribution in [1.29, 1.82) is 0 Å². The lowest BCUT2D eigenvalue weighted by Gasteiger charge is -2.09. The molecular weight excluding hydrogens is 202 g/mol. The quantitative estimate of drug-likeness (QED) is 0.804. The fraction of sp³-hybridized carbons (Fsp3) is 0.400. The van der Waals surface area contributed by atoms with Crippen molar-refractivity contribution in [2.75, 3.05) is 13.2 Å². The second-order valence-electron chi connectivity index (χ2n) is 2.79. The molecule has 0 aliphatic heterocycles. The molecule has 0 bridgehead atoms. The van der Waals surface area contributed by atoms with Crippen LogP contribution in [0.3, 0.4) is 0 Å². The van der Waals surface area contributed by atoms with Crippen LogP contribution in [0.1, 0.15) is 18.5 Å². The highest BCUT2D eigenvalue weighted by Gasteiger charge is 2.03. The van der Waals surface area contributed by atoms with Crippen LogP contribution in [-0.4, -0.2) is 18.3 Å². The number of aliphatic hydroxyl groups excluding tert-OH is 1. The van der Waals surface area contributed by atoms with Gasteiger partial charge in [0.05, 0.1) is 19.3 Å². The molecular formula is C10H16ClNO2. The summed E-state index contributed by atoms with van der Waals surface area (Å²) in [6, 6.07) is 7.15. The molecule has 0 spiro atoms. The summed E-state index contributed by atoms with van der Waals surface area (Å²) < 4.78 is 5.27. The Hall–Kier alpha value is -0.770. The molecule has 0 saturated heterocycles. The standard InChI is InChI=1S/C10H15NO2.ClH/c1-2-13-9-5-3-8(4-6-9)10(11)7-12;/h3-6,10,12H,2,7,11H2,1H3;1H/t10-;/m1./s1. The summed E-state index contributed by atoms with van der Waals surface area (Å²) in [5.74, 6) is 0.830. The number of benzene rings is 1. The van der Waals surface area contributed by atoms with Gasteiger partial charge in [0, 0.05) is 0 Å². The van der Waals surface area contributed by atoms with Crippen molar-refractivity contribution in [2.24, 2.45) is 5.73 Å². The zero-order chi connectivity index (χ0) is 9.68. The van der Waals surface area contributed by atoms with Gasteiger partial charge in [0.15, 0.2) is 0 Å². The number of hydrogen-bond acceptors (Lipinski definition) is 3. The summed E-state index contributed by atoms with van der Waals surface area (Å²) in [5, 5.41) is 8.80. The molecule has 1 rings (SSSR count). The highest BCUT2D eigenvalue weighted by molar-refractivity contribution is 5.85. The number of ether oxygens (including phenoxy) is 1. The van der Waals surface area contributed by atoms with Crippen LogP contribution < -0.4 is 10.5 Å². The molecule has 0 fully saturated rings. The number of halogens is 1. The predicted molar refractivity (Wildman–Crippen MR) is 58.9 cm³/mol. The van der Waals surface area contributed by atoms with E-state index in [-0.39, 0.29) is 25.1 Å². The lowest BCUT2D eigenvalue weighted by Crippen LogP contribution is -2.14. The first-order valence-corrected chi connectivity index (χ1v) is 4.37. The monoisotopic (exact) mass is 217 g/mol. The number of aliphatic hydroxyl groups is 1. The first kappa shape index (κ1) is 13.2. The Kier molecular flexibility index (Phi) is 6.28.